The van der Waals surface area contributed by atoms with Gasteiger partial charge in [0.1, 0.15) is 6.54 Å². The average molecular weight is 243 g/mol. The summed E-state index contributed by atoms with van der Waals surface area (Å²) in [6.07, 6.45) is 4.26. The van der Waals surface area contributed by atoms with Crippen molar-refractivity contribution in [2.24, 2.45) is 5.92 Å². The van der Waals surface area contributed by atoms with Gasteiger partial charge in [0.2, 0.25) is 5.91 Å². The molecule has 1 saturated heterocycles. The smallest absolute Gasteiger partial charge is 0.323 e. The molecule has 1 atom stereocenters. The third-order valence-electron chi connectivity index (χ3n) is 3.02. The van der Waals surface area contributed by atoms with Crippen molar-refractivity contribution in [2.45, 2.75) is 30.9 Å². The fourth-order valence-corrected chi connectivity index (χ4v) is 3.23. The van der Waals surface area contributed by atoms with E-state index in [0.717, 1.165) is 31.4 Å². The summed E-state index contributed by atoms with van der Waals surface area (Å²) in [4.78, 5) is 24.4. The molecular weight excluding hydrogens is 226 g/mol. The van der Waals surface area contributed by atoms with E-state index in [2.05, 4.69) is 0 Å². The molecule has 0 aromatic rings. The highest BCUT2D eigenvalue weighted by Gasteiger charge is 2.32. The first-order chi connectivity index (χ1) is 7.66. The highest BCUT2D eigenvalue weighted by molar-refractivity contribution is 8.00. The van der Waals surface area contributed by atoms with Gasteiger partial charge in [-0.15, -0.1) is 11.8 Å². The lowest BCUT2D eigenvalue weighted by molar-refractivity contribution is -0.144. The largest absolute Gasteiger partial charge is 0.480 e. The molecule has 1 aliphatic heterocycles. The number of hydrogen-bond donors (Lipinski definition) is 1. The van der Waals surface area contributed by atoms with Gasteiger partial charge in [0, 0.05) is 6.54 Å². The highest BCUT2D eigenvalue weighted by atomic mass is 32.2. The molecule has 1 N–H and O–H groups in total. The molecule has 2 fully saturated rings. The molecule has 1 heterocycles. The Morgan fingerprint density at radius 3 is 2.56 bits per heavy atom. The van der Waals surface area contributed by atoms with E-state index in [9.17, 15) is 9.59 Å². The summed E-state index contributed by atoms with van der Waals surface area (Å²) in [5.74, 6) is 0.712. The van der Waals surface area contributed by atoms with Gasteiger partial charge in [-0.25, -0.2) is 0 Å². The number of carbonyl (C=O) groups excluding carboxylic acids is 1. The predicted octanol–water partition coefficient (Wildman–Crippen LogP) is 1.21. The van der Waals surface area contributed by atoms with Gasteiger partial charge in [-0.2, -0.15) is 0 Å². The van der Waals surface area contributed by atoms with E-state index < -0.39 is 5.97 Å². The number of rotatable bonds is 5. The summed E-state index contributed by atoms with van der Waals surface area (Å²) >= 11 is 1.67. The monoisotopic (exact) mass is 243 g/mol. The molecule has 5 heteroatoms. The van der Waals surface area contributed by atoms with Gasteiger partial charge in [0.05, 0.1) is 5.25 Å². The highest BCUT2D eigenvalue weighted by Crippen LogP contribution is 2.32. The van der Waals surface area contributed by atoms with Crippen LogP contribution in [0.4, 0.5) is 0 Å². The first kappa shape index (κ1) is 11.8. The first-order valence-electron chi connectivity index (χ1n) is 5.79. The molecule has 1 amide bonds. The van der Waals surface area contributed by atoms with Crippen LogP contribution in [0.5, 0.6) is 0 Å². The minimum Gasteiger partial charge on any atom is -0.480 e. The van der Waals surface area contributed by atoms with Crippen molar-refractivity contribution in [3.63, 3.8) is 0 Å². The molecule has 90 valence electrons. The van der Waals surface area contributed by atoms with Crippen molar-refractivity contribution in [3.05, 3.63) is 0 Å². The van der Waals surface area contributed by atoms with E-state index in [4.69, 9.17) is 5.11 Å². The predicted molar refractivity (Wildman–Crippen MR) is 62.4 cm³/mol. The van der Waals surface area contributed by atoms with Crippen LogP contribution in [-0.2, 0) is 9.59 Å². The van der Waals surface area contributed by atoms with Crippen molar-refractivity contribution < 1.29 is 14.7 Å². The Balaban J connectivity index is 1.92. The van der Waals surface area contributed by atoms with E-state index in [1.807, 2.05) is 0 Å². The summed E-state index contributed by atoms with van der Waals surface area (Å²) in [5.41, 5.74) is 0. The second-order valence-corrected chi connectivity index (χ2v) is 5.87. The molecule has 0 bridgehead atoms. The lowest BCUT2D eigenvalue weighted by Gasteiger charge is -2.23. The molecule has 0 aromatic carbocycles. The van der Waals surface area contributed by atoms with Crippen molar-refractivity contribution >= 4 is 23.6 Å². The number of carbonyl (C=O) groups is 2. The average Bonchev–Trinajstić information content (AvgIpc) is 2.88. The molecule has 0 spiro atoms. The number of amides is 1. The topological polar surface area (TPSA) is 57.6 Å². The first-order valence-corrected chi connectivity index (χ1v) is 6.84. The maximum Gasteiger partial charge on any atom is 0.323 e. The van der Waals surface area contributed by atoms with Crippen molar-refractivity contribution in [3.8, 4) is 0 Å². The molecule has 2 rings (SSSR count). The van der Waals surface area contributed by atoms with E-state index >= 15 is 0 Å². The van der Waals surface area contributed by atoms with Crippen LogP contribution in [0, 0.1) is 5.92 Å². The molecule has 4 nitrogen and oxygen atoms in total. The molecule has 2 aliphatic rings. The maximum absolute atomic E-state index is 12.1. The van der Waals surface area contributed by atoms with Gasteiger partial charge < -0.3 is 10.0 Å². The zero-order valence-electron chi connectivity index (χ0n) is 9.22. The zero-order chi connectivity index (χ0) is 11.5. The molecule has 16 heavy (non-hydrogen) atoms. The third kappa shape index (κ3) is 3.14. The lowest BCUT2D eigenvalue weighted by atomic mass is 10.2. The third-order valence-corrected chi connectivity index (χ3v) is 4.38. The van der Waals surface area contributed by atoms with Gasteiger partial charge in [-0.1, -0.05) is 0 Å². The van der Waals surface area contributed by atoms with Crippen molar-refractivity contribution in [2.75, 3.05) is 18.8 Å². The van der Waals surface area contributed by atoms with E-state index in [1.54, 1.807) is 16.7 Å². The summed E-state index contributed by atoms with van der Waals surface area (Å²) < 4.78 is 0. The molecule has 1 aliphatic carbocycles. The Hall–Kier alpha value is -0.710. The second-order valence-electron chi connectivity index (χ2n) is 4.56. The Labute approximate surface area is 99.4 Å². The standard InChI is InChI=1S/C11H17NO3S/c13-10(14)7-12(6-8-3-4-8)11(15)9-2-1-5-16-9/h8-9H,1-7H2,(H,13,14). The van der Waals surface area contributed by atoms with Crippen LogP contribution in [0.1, 0.15) is 25.7 Å². The molecule has 0 radical (unpaired) electrons. The van der Waals surface area contributed by atoms with E-state index in [1.165, 1.54) is 0 Å². The SMILES string of the molecule is O=C(O)CN(CC1CC1)C(=O)C1CCCS1. The quantitative estimate of drug-likeness (QED) is 0.788. The molecule has 1 unspecified atom stereocenters. The van der Waals surface area contributed by atoms with Gasteiger partial charge in [-0.3, -0.25) is 9.59 Å². The maximum atomic E-state index is 12.1. The van der Waals surface area contributed by atoms with Gasteiger partial charge in [0.15, 0.2) is 0 Å². The Bertz CT molecular complexity index is 285. The fourth-order valence-electron chi connectivity index (χ4n) is 1.98. The Kier molecular flexibility index (Phi) is 3.74. The fraction of sp³-hybridized carbons (Fsp3) is 0.818. The normalized spacial score (nSPS) is 24.4. The number of aliphatic carboxylic acids is 1. The summed E-state index contributed by atoms with van der Waals surface area (Å²) in [6.45, 7) is 0.509. The van der Waals surface area contributed by atoms with Crippen LogP contribution in [-0.4, -0.2) is 46.0 Å². The zero-order valence-corrected chi connectivity index (χ0v) is 10.0. The van der Waals surface area contributed by atoms with E-state index in [-0.39, 0.29) is 17.7 Å². The van der Waals surface area contributed by atoms with Crippen LogP contribution in [0.15, 0.2) is 0 Å². The minimum atomic E-state index is -0.906. The van der Waals surface area contributed by atoms with Crippen LogP contribution >= 0.6 is 11.8 Å². The summed E-state index contributed by atoms with van der Waals surface area (Å²) in [5, 5.41) is 8.82. The van der Waals surface area contributed by atoms with Crippen molar-refractivity contribution in [1.29, 1.82) is 0 Å². The van der Waals surface area contributed by atoms with Gasteiger partial charge in [-0.05, 0) is 37.4 Å². The number of thioether (sulfide) groups is 1. The van der Waals surface area contributed by atoms with Crippen molar-refractivity contribution in [1.82, 2.24) is 4.90 Å². The minimum absolute atomic E-state index is 0.0121. The molecule has 0 aromatic heterocycles. The Morgan fingerprint density at radius 1 is 1.31 bits per heavy atom. The van der Waals surface area contributed by atoms with Gasteiger partial charge in [0.25, 0.3) is 0 Å². The summed E-state index contributed by atoms with van der Waals surface area (Å²) in [7, 11) is 0. The second kappa shape index (κ2) is 5.08. The van der Waals surface area contributed by atoms with Gasteiger partial charge >= 0.3 is 5.97 Å². The van der Waals surface area contributed by atoms with E-state index in [0.29, 0.717) is 12.5 Å². The van der Waals surface area contributed by atoms with Crippen LogP contribution < -0.4 is 0 Å². The summed E-state index contributed by atoms with van der Waals surface area (Å²) in [6, 6.07) is 0. The van der Waals surface area contributed by atoms with Crippen LogP contribution in [0.3, 0.4) is 0 Å². The van der Waals surface area contributed by atoms with Crippen LogP contribution in [0.25, 0.3) is 0 Å². The number of carboxylic acids is 1. The lowest BCUT2D eigenvalue weighted by Crippen LogP contribution is -2.41. The molecule has 1 saturated carbocycles. The number of carboxylic acid groups (broad SMARTS) is 1. The Morgan fingerprint density at radius 2 is 2.06 bits per heavy atom. The molecular formula is C11H17NO3S. The number of nitrogens with zero attached hydrogens (tertiary/aromatic N) is 1. The van der Waals surface area contributed by atoms with Crippen LogP contribution in [0.2, 0.25) is 0 Å². The number of hydrogen-bond acceptors (Lipinski definition) is 3.